The van der Waals surface area contributed by atoms with Crippen LogP contribution in [0.15, 0.2) is 18.3 Å². The van der Waals surface area contributed by atoms with Gasteiger partial charge in [0.05, 0.1) is 6.42 Å². The quantitative estimate of drug-likeness (QED) is 0.691. The average Bonchev–Trinajstić information content (AvgIpc) is 2.05. The van der Waals surface area contributed by atoms with Crippen LogP contribution in [-0.2, 0) is 4.79 Å². The standard InChI is InChI=1S/C8H9N2O2/c11-8(12)4-6-10-7-3-1-2-5-9-7/h1-2,5H,4,6H2,(H,9,10)(H,11,12). The third-order valence-corrected chi connectivity index (χ3v) is 1.24. The highest BCUT2D eigenvalue weighted by atomic mass is 16.4. The Kier molecular flexibility index (Phi) is 3.07. The molecule has 0 saturated carbocycles. The van der Waals surface area contributed by atoms with Crippen molar-refractivity contribution in [1.29, 1.82) is 0 Å². The lowest BCUT2D eigenvalue weighted by atomic mass is 10.4. The third-order valence-electron chi connectivity index (χ3n) is 1.24. The molecule has 0 aliphatic rings. The van der Waals surface area contributed by atoms with E-state index in [0.717, 1.165) is 0 Å². The normalized spacial score (nSPS) is 9.33. The number of rotatable bonds is 4. The van der Waals surface area contributed by atoms with Crippen LogP contribution < -0.4 is 5.32 Å². The summed E-state index contributed by atoms with van der Waals surface area (Å²) in [6.07, 6.45) is 1.71. The van der Waals surface area contributed by atoms with Gasteiger partial charge in [-0.05, 0) is 12.1 Å². The van der Waals surface area contributed by atoms with E-state index in [9.17, 15) is 4.79 Å². The van der Waals surface area contributed by atoms with Gasteiger partial charge in [-0.25, -0.2) is 4.98 Å². The summed E-state index contributed by atoms with van der Waals surface area (Å²) in [6, 6.07) is 6.30. The van der Waals surface area contributed by atoms with E-state index in [-0.39, 0.29) is 6.42 Å². The van der Waals surface area contributed by atoms with Crippen molar-refractivity contribution in [2.45, 2.75) is 6.42 Å². The number of hydrogen-bond donors (Lipinski definition) is 2. The molecule has 0 fully saturated rings. The minimum atomic E-state index is -0.821. The van der Waals surface area contributed by atoms with E-state index < -0.39 is 5.97 Å². The smallest absolute Gasteiger partial charge is 0.305 e. The highest BCUT2D eigenvalue weighted by Gasteiger charge is 1.95. The van der Waals surface area contributed by atoms with E-state index in [1.165, 1.54) is 0 Å². The van der Waals surface area contributed by atoms with Crippen LogP contribution in [0.5, 0.6) is 0 Å². The van der Waals surface area contributed by atoms with Crippen LogP contribution in [0.3, 0.4) is 0 Å². The van der Waals surface area contributed by atoms with Crippen LogP contribution in [0.1, 0.15) is 6.42 Å². The van der Waals surface area contributed by atoms with E-state index in [1.807, 2.05) is 0 Å². The first-order valence-electron chi connectivity index (χ1n) is 3.57. The summed E-state index contributed by atoms with van der Waals surface area (Å²) in [7, 11) is 0. The maximum atomic E-state index is 10.1. The molecule has 2 N–H and O–H groups in total. The molecular formula is C8H9N2O2. The van der Waals surface area contributed by atoms with Crippen molar-refractivity contribution >= 4 is 11.8 Å². The number of aromatic nitrogens is 1. The van der Waals surface area contributed by atoms with Crippen molar-refractivity contribution in [3.05, 3.63) is 24.4 Å². The fourth-order valence-electron chi connectivity index (χ4n) is 0.709. The Morgan fingerprint density at radius 2 is 2.58 bits per heavy atom. The molecule has 1 radical (unpaired) electrons. The molecule has 0 bridgehead atoms. The summed E-state index contributed by atoms with van der Waals surface area (Å²) < 4.78 is 0. The maximum Gasteiger partial charge on any atom is 0.305 e. The molecule has 1 aromatic heterocycles. The monoisotopic (exact) mass is 165 g/mol. The molecule has 1 rings (SSSR count). The first kappa shape index (κ1) is 8.52. The minimum absolute atomic E-state index is 0.0877. The van der Waals surface area contributed by atoms with Gasteiger partial charge in [0, 0.05) is 18.8 Å². The molecule has 1 aromatic rings. The largest absolute Gasteiger partial charge is 0.481 e. The molecule has 1 heterocycles. The zero-order valence-corrected chi connectivity index (χ0v) is 6.45. The lowest BCUT2D eigenvalue weighted by molar-refractivity contribution is -0.136. The summed E-state index contributed by atoms with van der Waals surface area (Å²) in [4.78, 5) is 14.0. The molecule has 0 saturated heterocycles. The predicted octanol–water partition coefficient (Wildman–Crippen LogP) is 0.768. The third kappa shape index (κ3) is 3.01. The average molecular weight is 165 g/mol. The summed E-state index contributed by atoms with van der Waals surface area (Å²) in [5.74, 6) is -0.239. The number of carboxylic acids is 1. The molecule has 0 aliphatic heterocycles. The first-order chi connectivity index (χ1) is 5.79. The molecule has 0 aromatic carbocycles. The lowest BCUT2D eigenvalue weighted by Gasteiger charge is -2.00. The summed E-state index contributed by atoms with van der Waals surface area (Å²) in [5.41, 5.74) is 0. The van der Waals surface area contributed by atoms with Crippen LogP contribution in [0.2, 0.25) is 0 Å². The van der Waals surface area contributed by atoms with Gasteiger partial charge in [-0.1, -0.05) is 0 Å². The second-order valence-electron chi connectivity index (χ2n) is 2.20. The molecule has 0 spiro atoms. The Morgan fingerprint density at radius 3 is 3.17 bits per heavy atom. The van der Waals surface area contributed by atoms with Gasteiger partial charge in [-0.3, -0.25) is 4.79 Å². The topological polar surface area (TPSA) is 62.2 Å². The Morgan fingerprint density at radius 1 is 1.75 bits per heavy atom. The summed E-state index contributed by atoms with van der Waals surface area (Å²) in [5, 5.41) is 11.1. The van der Waals surface area contributed by atoms with Gasteiger partial charge in [0.15, 0.2) is 0 Å². The van der Waals surface area contributed by atoms with Crippen molar-refractivity contribution in [1.82, 2.24) is 4.98 Å². The van der Waals surface area contributed by atoms with Crippen molar-refractivity contribution in [3.63, 3.8) is 0 Å². The van der Waals surface area contributed by atoms with E-state index >= 15 is 0 Å². The molecule has 4 heteroatoms. The molecule has 0 atom stereocenters. The number of hydrogen-bond acceptors (Lipinski definition) is 3. The van der Waals surface area contributed by atoms with Crippen LogP contribution in [-0.4, -0.2) is 22.6 Å². The van der Waals surface area contributed by atoms with Crippen LogP contribution in [0.4, 0.5) is 5.82 Å². The molecule has 4 nitrogen and oxygen atoms in total. The van der Waals surface area contributed by atoms with Crippen LogP contribution in [0.25, 0.3) is 0 Å². The van der Waals surface area contributed by atoms with E-state index in [4.69, 9.17) is 5.11 Å². The number of aliphatic carboxylic acids is 1. The van der Waals surface area contributed by atoms with E-state index in [0.29, 0.717) is 12.4 Å². The molecule has 0 amide bonds. The van der Waals surface area contributed by atoms with Gasteiger partial charge in [-0.2, -0.15) is 0 Å². The SMILES string of the molecule is O=C(O)CCNc1[c]cccn1. The maximum absolute atomic E-state index is 10.1. The fourth-order valence-corrected chi connectivity index (χ4v) is 0.709. The predicted molar refractivity (Wildman–Crippen MR) is 43.8 cm³/mol. The Bertz CT molecular complexity index is 248. The zero-order chi connectivity index (χ0) is 8.81. The number of anilines is 1. The molecular weight excluding hydrogens is 156 g/mol. The number of nitrogens with zero attached hydrogens (tertiary/aromatic N) is 1. The van der Waals surface area contributed by atoms with Crippen LogP contribution >= 0.6 is 0 Å². The molecule has 0 unspecified atom stereocenters. The van der Waals surface area contributed by atoms with Gasteiger partial charge in [0.2, 0.25) is 0 Å². The molecule has 0 aliphatic carbocycles. The highest BCUT2D eigenvalue weighted by molar-refractivity contribution is 5.67. The minimum Gasteiger partial charge on any atom is -0.481 e. The fraction of sp³-hybridized carbons (Fsp3) is 0.250. The van der Waals surface area contributed by atoms with Gasteiger partial charge in [0.25, 0.3) is 0 Å². The zero-order valence-electron chi connectivity index (χ0n) is 6.45. The van der Waals surface area contributed by atoms with Crippen molar-refractivity contribution < 1.29 is 9.90 Å². The van der Waals surface area contributed by atoms with Crippen molar-refractivity contribution in [2.24, 2.45) is 0 Å². The first-order valence-corrected chi connectivity index (χ1v) is 3.57. The number of carbonyl (C=O) groups is 1. The van der Waals surface area contributed by atoms with E-state index in [1.54, 1.807) is 18.3 Å². The second kappa shape index (κ2) is 4.33. The summed E-state index contributed by atoms with van der Waals surface area (Å²) >= 11 is 0. The van der Waals surface area contributed by atoms with Gasteiger partial charge in [0.1, 0.15) is 5.82 Å². The Labute approximate surface area is 70.3 Å². The molecule has 63 valence electrons. The lowest BCUT2D eigenvalue weighted by Crippen LogP contribution is -2.08. The van der Waals surface area contributed by atoms with Gasteiger partial charge in [-0.15, -0.1) is 0 Å². The van der Waals surface area contributed by atoms with E-state index in [2.05, 4.69) is 16.4 Å². The summed E-state index contributed by atoms with van der Waals surface area (Å²) in [6.45, 7) is 0.378. The Balaban J connectivity index is 2.29. The van der Waals surface area contributed by atoms with Crippen molar-refractivity contribution in [3.8, 4) is 0 Å². The number of pyridine rings is 1. The Hall–Kier alpha value is -1.58. The highest BCUT2D eigenvalue weighted by Crippen LogP contribution is 1.97. The number of carboxylic acid groups (broad SMARTS) is 1. The number of nitrogens with one attached hydrogen (secondary N) is 1. The molecule has 12 heavy (non-hydrogen) atoms. The van der Waals surface area contributed by atoms with Gasteiger partial charge >= 0.3 is 5.97 Å². The van der Waals surface area contributed by atoms with Crippen molar-refractivity contribution in [2.75, 3.05) is 11.9 Å². The van der Waals surface area contributed by atoms with Crippen LogP contribution in [0, 0.1) is 6.07 Å². The van der Waals surface area contributed by atoms with Gasteiger partial charge < -0.3 is 10.4 Å². The second-order valence-corrected chi connectivity index (χ2v) is 2.20.